The molecule has 5 rings (SSSR count). The van der Waals surface area contributed by atoms with E-state index in [1.165, 1.54) is 11.1 Å². The van der Waals surface area contributed by atoms with Crippen LogP contribution in [0.2, 0.25) is 0 Å². The predicted molar refractivity (Wildman–Crippen MR) is 142 cm³/mol. The van der Waals surface area contributed by atoms with Crippen LogP contribution in [-0.2, 0) is 4.74 Å². The maximum absolute atomic E-state index is 12.4. The molecular weight excluding hydrogens is 458 g/mol. The van der Waals surface area contributed by atoms with Crippen LogP contribution in [0.15, 0.2) is 54.3 Å². The number of hydrogen-bond donors (Lipinski definition) is 2. The Morgan fingerprint density at radius 1 is 1.23 bits per heavy atom. The molecule has 0 spiro atoms. The number of benzene rings is 1. The molecule has 0 saturated carbocycles. The summed E-state index contributed by atoms with van der Waals surface area (Å²) >= 11 is 1.63. The van der Waals surface area contributed by atoms with Crippen LogP contribution in [-0.4, -0.2) is 44.6 Å². The molecule has 1 aliphatic rings. The predicted octanol–water partition coefficient (Wildman–Crippen LogP) is 6.76. The van der Waals surface area contributed by atoms with Gasteiger partial charge in [-0.3, -0.25) is 4.98 Å². The van der Waals surface area contributed by atoms with Crippen molar-refractivity contribution in [2.45, 2.75) is 39.7 Å². The maximum atomic E-state index is 12.4. The first-order valence-corrected chi connectivity index (χ1v) is 12.6. The molecule has 8 heteroatoms. The van der Waals surface area contributed by atoms with Crippen LogP contribution < -0.4 is 5.32 Å². The molecule has 7 nitrogen and oxygen atoms in total. The quantitative estimate of drug-likeness (QED) is 0.332. The van der Waals surface area contributed by atoms with Crippen LogP contribution in [0, 0.1) is 6.92 Å². The molecule has 4 aromatic rings. The lowest BCUT2D eigenvalue weighted by atomic mass is 10.0. The SMILES string of the molecule is Cc1cc(Nc2ccnc3[nH]c(C4=CCN(C(=O)OC(C)(C)C)CC4)cc23)cc(-c2cncs2)c1. The van der Waals surface area contributed by atoms with Gasteiger partial charge in [0.05, 0.1) is 16.1 Å². The molecule has 0 radical (unpaired) electrons. The number of ether oxygens (including phenoxy) is 1. The van der Waals surface area contributed by atoms with Gasteiger partial charge >= 0.3 is 6.09 Å². The van der Waals surface area contributed by atoms with Crippen LogP contribution in [0.4, 0.5) is 16.2 Å². The third-order valence-electron chi connectivity index (χ3n) is 5.81. The molecule has 180 valence electrons. The van der Waals surface area contributed by atoms with E-state index in [1.807, 2.05) is 44.7 Å². The van der Waals surface area contributed by atoms with Crippen molar-refractivity contribution in [1.29, 1.82) is 0 Å². The van der Waals surface area contributed by atoms with Crippen LogP contribution in [0.25, 0.3) is 27.0 Å². The molecule has 35 heavy (non-hydrogen) atoms. The molecule has 1 aliphatic heterocycles. The van der Waals surface area contributed by atoms with E-state index in [2.05, 4.69) is 57.5 Å². The summed E-state index contributed by atoms with van der Waals surface area (Å²) in [6.45, 7) is 8.91. The van der Waals surface area contributed by atoms with Gasteiger partial charge in [-0.1, -0.05) is 12.1 Å². The number of aromatic nitrogens is 3. The van der Waals surface area contributed by atoms with E-state index < -0.39 is 5.60 Å². The summed E-state index contributed by atoms with van der Waals surface area (Å²) in [5, 5.41) is 4.61. The lowest BCUT2D eigenvalue weighted by Crippen LogP contribution is -2.39. The fourth-order valence-electron chi connectivity index (χ4n) is 4.23. The summed E-state index contributed by atoms with van der Waals surface area (Å²) < 4.78 is 5.51. The van der Waals surface area contributed by atoms with Crippen molar-refractivity contribution in [2.75, 3.05) is 18.4 Å². The number of pyridine rings is 1. The number of nitrogens with zero attached hydrogens (tertiary/aromatic N) is 3. The topological polar surface area (TPSA) is 83.1 Å². The molecular formula is C27H29N5O2S. The fourth-order valence-corrected chi connectivity index (χ4v) is 4.84. The van der Waals surface area contributed by atoms with Gasteiger partial charge in [-0.05, 0) is 75.1 Å². The van der Waals surface area contributed by atoms with E-state index in [0.29, 0.717) is 13.1 Å². The van der Waals surface area contributed by atoms with Crippen molar-refractivity contribution >= 4 is 45.4 Å². The fraction of sp³-hybridized carbons (Fsp3) is 0.296. The number of aromatic amines is 1. The zero-order valence-corrected chi connectivity index (χ0v) is 21.2. The van der Waals surface area contributed by atoms with Gasteiger partial charge in [0.1, 0.15) is 11.2 Å². The molecule has 0 fully saturated rings. The van der Waals surface area contributed by atoms with Crippen molar-refractivity contribution < 1.29 is 9.53 Å². The number of thiazole rings is 1. The Bertz CT molecular complexity index is 1400. The molecule has 2 N–H and O–H groups in total. The van der Waals surface area contributed by atoms with Crippen molar-refractivity contribution in [3.05, 3.63) is 65.6 Å². The molecule has 3 aromatic heterocycles. The molecule has 0 aliphatic carbocycles. The summed E-state index contributed by atoms with van der Waals surface area (Å²) in [7, 11) is 0. The second-order valence-corrected chi connectivity index (χ2v) is 10.7. The third kappa shape index (κ3) is 5.22. The number of carbonyl (C=O) groups excluding carboxylic acids is 1. The largest absolute Gasteiger partial charge is 0.444 e. The van der Waals surface area contributed by atoms with Gasteiger partial charge in [-0.2, -0.15) is 0 Å². The average molecular weight is 488 g/mol. The first-order valence-electron chi connectivity index (χ1n) is 11.7. The highest BCUT2D eigenvalue weighted by Crippen LogP contribution is 2.33. The summed E-state index contributed by atoms with van der Waals surface area (Å²) in [4.78, 5) is 27.5. The van der Waals surface area contributed by atoms with E-state index in [9.17, 15) is 4.79 Å². The molecule has 4 heterocycles. The normalized spacial score (nSPS) is 14.2. The van der Waals surface area contributed by atoms with E-state index in [-0.39, 0.29) is 6.09 Å². The first kappa shape index (κ1) is 23.1. The van der Waals surface area contributed by atoms with E-state index in [1.54, 1.807) is 16.2 Å². The first-order chi connectivity index (χ1) is 16.7. The molecule has 1 amide bonds. The summed E-state index contributed by atoms with van der Waals surface area (Å²) in [6.07, 6.45) is 6.28. The van der Waals surface area contributed by atoms with Gasteiger partial charge in [0.15, 0.2) is 0 Å². The van der Waals surface area contributed by atoms with E-state index in [0.717, 1.165) is 45.0 Å². The lowest BCUT2D eigenvalue weighted by Gasteiger charge is -2.29. The molecule has 1 aromatic carbocycles. The smallest absolute Gasteiger partial charge is 0.410 e. The number of anilines is 2. The van der Waals surface area contributed by atoms with Gasteiger partial charge in [0, 0.05) is 42.3 Å². The zero-order valence-electron chi connectivity index (χ0n) is 20.4. The zero-order chi connectivity index (χ0) is 24.6. The Labute approximate surface area is 208 Å². The average Bonchev–Trinajstić information content (AvgIpc) is 3.49. The van der Waals surface area contributed by atoms with Crippen LogP contribution in [0.5, 0.6) is 0 Å². The number of amides is 1. The van der Waals surface area contributed by atoms with Crippen molar-refractivity contribution in [3.8, 4) is 10.4 Å². The molecule has 0 bridgehead atoms. The minimum Gasteiger partial charge on any atom is -0.444 e. The highest BCUT2D eigenvalue weighted by Gasteiger charge is 2.24. The summed E-state index contributed by atoms with van der Waals surface area (Å²) in [5.74, 6) is 0. The molecule has 0 unspecified atom stereocenters. The van der Waals surface area contributed by atoms with Gasteiger partial charge in [0.25, 0.3) is 0 Å². The summed E-state index contributed by atoms with van der Waals surface area (Å²) in [6, 6.07) is 10.6. The number of H-pyrrole nitrogens is 1. The van der Waals surface area contributed by atoms with Crippen molar-refractivity contribution in [3.63, 3.8) is 0 Å². The van der Waals surface area contributed by atoms with Crippen molar-refractivity contribution in [2.24, 2.45) is 0 Å². The number of fused-ring (bicyclic) bond motifs is 1. The number of hydrogen-bond acceptors (Lipinski definition) is 6. The maximum Gasteiger partial charge on any atom is 0.410 e. The van der Waals surface area contributed by atoms with E-state index in [4.69, 9.17) is 4.74 Å². The van der Waals surface area contributed by atoms with Gasteiger partial charge < -0.3 is 19.9 Å². The van der Waals surface area contributed by atoms with Gasteiger partial charge in [-0.25, -0.2) is 9.78 Å². The van der Waals surface area contributed by atoms with Gasteiger partial charge in [-0.15, -0.1) is 11.3 Å². The lowest BCUT2D eigenvalue weighted by molar-refractivity contribution is 0.0270. The second kappa shape index (κ2) is 9.19. The molecule has 0 atom stereocenters. The Morgan fingerprint density at radius 3 is 2.80 bits per heavy atom. The number of rotatable bonds is 4. The molecule has 0 saturated heterocycles. The monoisotopic (exact) mass is 487 g/mol. The number of aryl methyl sites for hydroxylation is 1. The highest BCUT2D eigenvalue weighted by atomic mass is 32.1. The minimum absolute atomic E-state index is 0.270. The van der Waals surface area contributed by atoms with Crippen molar-refractivity contribution in [1.82, 2.24) is 19.9 Å². The van der Waals surface area contributed by atoms with Crippen LogP contribution in [0.3, 0.4) is 0 Å². The Morgan fingerprint density at radius 2 is 2.09 bits per heavy atom. The Hall–Kier alpha value is -3.65. The number of nitrogens with one attached hydrogen (secondary N) is 2. The summed E-state index contributed by atoms with van der Waals surface area (Å²) in [5.41, 5.74) is 8.74. The Kier molecular flexibility index (Phi) is 6.06. The van der Waals surface area contributed by atoms with Crippen LogP contribution >= 0.6 is 11.3 Å². The Balaban J connectivity index is 1.38. The van der Waals surface area contributed by atoms with Gasteiger partial charge in [0.2, 0.25) is 0 Å². The highest BCUT2D eigenvalue weighted by molar-refractivity contribution is 7.13. The minimum atomic E-state index is -0.494. The second-order valence-electron chi connectivity index (χ2n) is 9.79. The standard InChI is InChI=1S/C27H29N5O2S/c1-17-11-19(24-15-28-16-35-24)13-20(12-17)30-22-5-8-29-25-21(22)14-23(31-25)18-6-9-32(10-7-18)26(33)34-27(2,3)4/h5-6,8,11-16H,7,9-10H2,1-4H3,(H2,29,30,31). The number of carbonyl (C=O) groups is 1. The third-order valence-corrected chi connectivity index (χ3v) is 6.63. The van der Waals surface area contributed by atoms with E-state index >= 15 is 0 Å². The van der Waals surface area contributed by atoms with Crippen LogP contribution in [0.1, 0.15) is 38.4 Å².